The van der Waals surface area contributed by atoms with Crippen LogP contribution in [0, 0.1) is 5.41 Å². The monoisotopic (exact) mass is 367 g/mol. The maximum atomic E-state index is 11.6. The van der Waals surface area contributed by atoms with E-state index in [1.54, 1.807) is 0 Å². The summed E-state index contributed by atoms with van der Waals surface area (Å²) in [5.41, 5.74) is 6.48. The smallest absolute Gasteiger partial charge is 0.193 e. The lowest BCUT2D eigenvalue weighted by atomic mass is 9.70. The van der Waals surface area contributed by atoms with E-state index in [9.17, 15) is 8.42 Å². The van der Waals surface area contributed by atoms with E-state index in [1.807, 2.05) is 18.2 Å². The number of benzene rings is 1. The summed E-state index contributed by atoms with van der Waals surface area (Å²) in [6.07, 6.45) is 4.92. The van der Waals surface area contributed by atoms with Gasteiger partial charge in [0.2, 0.25) is 0 Å². The van der Waals surface area contributed by atoms with E-state index in [-0.39, 0.29) is 17.1 Å². The fourth-order valence-corrected chi connectivity index (χ4v) is 4.75. The Morgan fingerprint density at radius 1 is 1.24 bits per heavy atom. The summed E-state index contributed by atoms with van der Waals surface area (Å²) in [5, 5.41) is 3.04. The lowest BCUT2D eigenvalue weighted by Gasteiger charge is -2.40. The highest BCUT2D eigenvalue weighted by Crippen LogP contribution is 2.42. The molecular weight excluding hydrogens is 342 g/mol. The van der Waals surface area contributed by atoms with Crippen molar-refractivity contribution in [3.8, 4) is 11.5 Å². The largest absolute Gasteiger partial charge is 0.490 e. The number of rotatable bonds is 5. The third-order valence-electron chi connectivity index (χ3n) is 4.59. The van der Waals surface area contributed by atoms with Crippen LogP contribution in [0.3, 0.4) is 0 Å². The first-order valence-electron chi connectivity index (χ1n) is 8.50. The van der Waals surface area contributed by atoms with Crippen LogP contribution in [-0.2, 0) is 9.84 Å². The second-order valence-corrected chi connectivity index (χ2v) is 9.10. The molecule has 0 amide bonds. The van der Waals surface area contributed by atoms with Crippen LogP contribution in [0.4, 0.5) is 5.69 Å². The van der Waals surface area contributed by atoms with E-state index in [0.29, 0.717) is 25.5 Å². The molecule has 25 heavy (non-hydrogen) atoms. The molecule has 2 aliphatic rings. The number of anilines is 1. The van der Waals surface area contributed by atoms with Crippen LogP contribution in [0.15, 0.2) is 23.2 Å². The van der Waals surface area contributed by atoms with E-state index in [1.165, 1.54) is 6.26 Å². The highest BCUT2D eigenvalue weighted by molar-refractivity contribution is 7.90. The van der Waals surface area contributed by atoms with E-state index in [0.717, 1.165) is 37.1 Å². The molecule has 1 heterocycles. The molecule has 7 nitrogen and oxygen atoms in total. The summed E-state index contributed by atoms with van der Waals surface area (Å²) in [6.45, 7) is 1.68. The summed E-state index contributed by atoms with van der Waals surface area (Å²) in [7, 11) is -3.02. The maximum Gasteiger partial charge on any atom is 0.193 e. The number of aliphatic imine (C=N–C) groups is 1. The van der Waals surface area contributed by atoms with Crippen molar-refractivity contribution in [1.82, 2.24) is 0 Å². The van der Waals surface area contributed by atoms with Crippen LogP contribution >= 0.6 is 0 Å². The topological polar surface area (TPSA) is 103 Å². The highest BCUT2D eigenvalue weighted by atomic mass is 32.2. The number of hydrogen-bond donors (Lipinski definition) is 2. The van der Waals surface area contributed by atoms with Gasteiger partial charge in [0, 0.05) is 36.4 Å². The summed E-state index contributed by atoms with van der Waals surface area (Å²) < 4.78 is 34.5. The van der Waals surface area contributed by atoms with Gasteiger partial charge < -0.3 is 20.5 Å². The number of hydrogen-bond acceptors (Lipinski definition) is 5. The van der Waals surface area contributed by atoms with Crippen LogP contribution in [0.25, 0.3) is 0 Å². The van der Waals surface area contributed by atoms with Gasteiger partial charge in [-0.2, -0.15) is 0 Å². The number of sulfone groups is 1. The molecule has 138 valence electrons. The number of ether oxygens (including phenoxy) is 2. The molecule has 0 unspecified atom stereocenters. The van der Waals surface area contributed by atoms with Gasteiger partial charge in [-0.3, -0.25) is 4.99 Å². The number of guanidine groups is 1. The first-order chi connectivity index (χ1) is 11.9. The van der Waals surface area contributed by atoms with E-state index >= 15 is 0 Å². The molecule has 0 saturated heterocycles. The van der Waals surface area contributed by atoms with E-state index in [2.05, 4.69) is 10.3 Å². The van der Waals surface area contributed by atoms with Crippen molar-refractivity contribution in [1.29, 1.82) is 0 Å². The average molecular weight is 367 g/mol. The minimum absolute atomic E-state index is 0.167. The molecule has 8 heteroatoms. The lowest BCUT2D eigenvalue weighted by molar-refractivity contribution is 0.177. The molecule has 1 saturated carbocycles. The number of nitrogens with zero attached hydrogens (tertiary/aromatic N) is 1. The first-order valence-corrected chi connectivity index (χ1v) is 10.6. The zero-order chi connectivity index (χ0) is 17.9. The summed E-state index contributed by atoms with van der Waals surface area (Å²) >= 11 is 0. The Hall–Kier alpha value is -1.96. The number of fused-ring (bicyclic) bond motifs is 1. The highest BCUT2D eigenvalue weighted by Gasteiger charge is 2.39. The normalized spacial score (nSPS) is 19.6. The molecule has 0 spiro atoms. The Kier molecular flexibility index (Phi) is 5.08. The van der Waals surface area contributed by atoms with Crippen LogP contribution in [0.1, 0.15) is 25.7 Å². The molecule has 3 N–H and O–H groups in total. The summed E-state index contributed by atoms with van der Waals surface area (Å²) in [5.74, 6) is 1.85. The second kappa shape index (κ2) is 7.11. The SMILES string of the molecule is CS(=O)(=O)CC1(CN=C(N)Nc2ccc3c(c2)OCCCO3)CCC1. The molecule has 1 aliphatic heterocycles. The fraction of sp³-hybridized carbons (Fsp3) is 0.588. The standard InChI is InChI=1S/C17H25N3O4S/c1-25(21,22)12-17(6-2-7-17)11-19-16(18)20-13-4-5-14-15(10-13)24-9-3-8-23-14/h4-5,10H,2-3,6-9,11-12H2,1H3,(H3,18,19,20). The van der Waals surface area contributed by atoms with Crippen molar-refractivity contribution in [2.45, 2.75) is 25.7 Å². The number of nitrogens with one attached hydrogen (secondary N) is 1. The van der Waals surface area contributed by atoms with Crippen LogP contribution in [-0.4, -0.2) is 46.1 Å². The Bertz CT molecular complexity index is 757. The van der Waals surface area contributed by atoms with Crippen molar-refractivity contribution in [2.24, 2.45) is 16.1 Å². The van der Waals surface area contributed by atoms with Crippen LogP contribution in [0.5, 0.6) is 11.5 Å². The Morgan fingerprint density at radius 3 is 2.60 bits per heavy atom. The van der Waals surface area contributed by atoms with Crippen molar-refractivity contribution in [3.05, 3.63) is 18.2 Å². The molecule has 3 rings (SSSR count). The van der Waals surface area contributed by atoms with Crippen LogP contribution in [0.2, 0.25) is 0 Å². The van der Waals surface area contributed by atoms with Crippen molar-refractivity contribution in [3.63, 3.8) is 0 Å². The Balaban J connectivity index is 1.64. The minimum atomic E-state index is -3.02. The zero-order valence-electron chi connectivity index (χ0n) is 14.5. The van der Waals surface area contributed by atoms with Gasteiger partial charge in [-0.15, -0.1) is 0 Å². The van der Waals surface area contributed by atoms with Crippen LogP contribution < -0.4 is 20.5 Å². The molecule has 1 fully saturated rings. The van der Waals surface area contributed by atoms with Gasteiger partial charge >= 0.3 is 0 Å². The molecular formula is C17H25N3O4S. The average Bonchev–Trinajstić information content (AvgIpc) is 2.73. The third-order valence-corrected chi connectivity index (χ3v) is 5.72. The molecule has 0 radical (unpaired) electrons. The predicted octanol–water partition coefficient (Wildman–Crippen LogP) is 1.79. The third kappa shape index (κ3) is 4.78. The van der Waals surface area contributed by atoms with Crippen molar-refractivity contribution < 1.29 is 17.9 Å². The van der Waals surface area contributed by atoms with E-state index < -0.39 is 9.84 Å². The quantitative estimate of drug-likeness (QED) is 0.607. The molecule has 1 aromatic carbocycles. The lowest BCUT2D eigenvalue weighted by Crippen LogP contribution is -2.40. The zero-order valence-corrected chi connectivity index (χ0v) is 15.3. The van der Waals surface area contributed by atoms with Gasteiger partial charge in [0.05, 0.1) is 19.0 Å². The molecule has 0 atom stereocenters. The van der Waals surface area contributed by atoms with Gasteiger partial charge in [-0.05, 0) is 25.0 Å². The minimum Gasteiger partial charge on any atom is -0.490 e. The Labute approximate surface area is 148 Å². The van der Waals surface area contributed by atoms with Crippen molar-refractivity contribution >= 4 is 21.5 Å². The molecule has 1 aliphatic carbocycles. The predicted molar refractivity (Wildman–Crippen MR) is 98.2 cm³/mol. The Morgan fingerprint density at radius 2 is 1.96 bits per heavy atom. The second-order valence-electron chi connectivity index (χ2n) is 6.96. The molecule has 0 aromatic heterocycles. The van der Waals surface area contributed by atoms with Gasteiger partial charge in [0.1, 0.15) is 9.84 Å². The molecule has 1 aromatic rings. The van der Waals surface area contributed by atoms with Gasteiger partial charge in [-0.25, -0.2) is 8.42 Å². The van der Waals surface area contributed by atoms with Crippen molar-refractivity contribution in [2.75, 3.05) is 37.1 Å². The maximum absolute atomic E-state index is 11.6. The van der Waals surface area contributed by atoms with E-state index in [4.69, 9.17) is 15.2 Å². The first kappa shape index (κ1) is 17.8. The molecule has 0 bridgehead atoms. The summed E-state index contributed by atoms with van der Waals surface area (Å²) in [4.78, 5) is 4.38. The summed E-state index contributed by atoms with van der Waals surface area (Å²) in [6, 6.07) is 5.53. The van der Waals surface area contributed by atoms with Gasteiger partial charge in [0.25, 0.3) is 0 Å². The fourth-order valence-electron chi connectivity index (χ4n) is 3.26. The number of nitrogens with two attached hydrogens (primary N) is 1. The van der Waals surface area contributed by atoms with Gasteiger partial charge in [0.15, 0.2) is 17.5 Å². The van der Waals surface area contributed by atoms with Gasteiger partial charge in [-0.1, -0.05) is 6.42 Å².